The van der Waals surface area contributed by atoms with E-state index in [1.54, 1.807) is 18.3 Å². The summed E-state index contributed by atoms with van der Waals surface area (Å²) < 4.78 is 0. The number of carboxylic acid groups (broad SMARTS) is 1. The maximum absolute atomic E-state index is 10.0. The fourth-order valence-electron chi connectivity index (χ4n) is 0.565. The van der Waals surface area contributed by atoms with Crippen molar-refractivity contribution in [2.45, 2.75) is 5.03 Å². The molecule has 0 saturated heterocycles. The lowest BCUT2D eigenvalue weighted by Gasteiger charge is -1.99. The second kappa shape index (κ2) is 3.98. The Bertz CT molecular complexity index is 237. The van der Waals surface area contributed by atoms with Gasteiger partial charge in [-0.05, 0) is 12.1 Å². The summed E-state index contributed by atoms with van der Waals surface area (Å²) in [7, 11) is 0. The first-order valence-electron chi connectivity index (χ1n) is 3.03. The van der Waals surface area contributed by atoms with E-state index >= 15 is 0 Å². The number of carbonyl (C=O) groups is 1. The topological polar surface area (TPSA) is 53.0 Å². The van der Waals surface area contributed by atoms with Gasteiger partial charge in [-0.25, -0.2) is 4.98 Å². The normalized spacial score (nSPS) is 9.45. The van der Waals surface area contributed by atoms with E-state index in [0.29, 0.717) is 5.03 Å². The maximum Gasteiger partial charge on any atom is 0.0963 e. The van der Waals surface area contributed by atoms with Crippen LogP contribution in [-0.2, 0) is 4.79 Å². The Morgan fingerprint density at radius 3 is 3.00 bits per heavy atom. The number of aliphatic carboxylic acids is 1. The Labute approximate surface area is 68.5 Å². The van der Waals surface area contributed by atoms with Crippen LogP contribution >= 0.6 is 11.8 Å². The van der Waals surface area contributed by atoms with Gasteiger partial charge in [0.05, 0.1) is 11.0 Å². The fourth-order valence-corrected chi connectivity index (χ4v) is 1.14. The number of nitrogens with zero attached hydrogens (tertiary/aromatic N) is 1. The zero-order valence-corrected chi connectivity index (χ0v) is 6.50. The van der Waals surface area contributed by atoms with E-state index in [1.807, 2.05) is 6.07 Å². The SMILES string of the molecule is O=C([O-])CSc1ccccn1. The van der Waals surface area contributed by atoms with E-state index in [2.05, 4.69) is 4.98 Å². The van der Waals surface area contributed by atoms with Crippen LogP contribution in [0.4, 0.5) is 0 Å². The van der Waals surface area contributed by atoms with Crippen molar-refractivity contribution in [1.82, 2.24) is 4.98 Å². The number of carboxylic acids is 1. The summed E-state index contributed by atoms with van der Waals surface area (Å²) in [6, 6.07) is 5.35. The molecule has 3 nitrogen and oxygen atoms in total. The van der Waals surface area contributed by atoms with Crippen LogP contribution in [0, 0.1) is 0 Å². The second-order valence-corrected chi connectivity index (χ2v) is 2.82. The molecule has 0 amide bonds. The number of hydrogen-bond acceptors (Lipinski definition) is 4. The van der Waals surface area contributed by atoms with Crippen molar-refractivity contribution in [2.75, 3.05) is 5.75 Å². The molecule has 58 valence electrons. The Hall–Kier alpha value is -1.03. The fraction of sp³-hybridized carbons (Fsp3) is 0.143. The highest BCUT2D eigenvalue weighted by molar-refractivity contribution is 7.99. The number of hydrogen-bond donors (Lipinski definition) is 0. The Kier molecular flexibility index (Phi) is 2.92. The quantitative estimate of drug-likeness (QED) is 0.592. The minimum atomic E-state index is -1.07. The summed E-state index contributed by atoms with van der Waals surface area (Å²) in [4.78, 5) is 13.9. The van der Waals surface area contributed by atoms with Crippen LogP contribution < -0.4 is 5.11 Å². The lowest BCUT2D eigenvalue weighted by molar-refractivity contribution is -0.301. The van der Waals surface area contributed by atoms with Crippen molar-refractivity contribution >= 4 is 17.7 Å². The van der Waals surface area contributed by atoms with Gasteiger partial charge < -0.3 is 9.90 Å². The van der Waals surface area contributed by atoms with Crippen LogP contribution in [0.3, 0.4) is 0 Å². The smallest absolute Gasteiger partial charge is 0.0963 e. The molecule has 1 heterocycles. The molecule has 0 saturated carbocycles. The molecule has 0 aliphatic carbocycles. The van der Waals surface area contributed by atoms with Crippen molar-refractivity contribution in [3.05, 3.63) is 24.4 Å². The molecule has 0 aliphatic rings. The highest BCUT2D eigenvalue weighted by atomic mass is 32.2. The molecule has 4 heteroatoms. The lowest BCUT2D eigenvalue weighted by atomic mass is 10.5. The molecule has 0 radical (unpaired) electrons. The third-order valence-electron chi connectivity index (χ3n) is 0.976. The molecule has 0 aliphatic heterocycles. The Morgan fingerprint density at radius 1 is 1.64 bits per heavy atom. The summed E-state index contributed by atoms with van der Waals surface area (Å²) >= 11 is 1.16. The van der Waals surface area contributed by atoms with Crippen molar-refractivity contribution in [3.63, 3.8) is 0 Å². The number of thioether (sulfide) groups is 1. The number of pyridine rings is 1. The van der Waals surface area contributed by atoms with Crippen LogP contribution in [0.2, 0.25) is 0 Å². The molecule has 0 atom stereocenters. The number of carbonyl (C=O) groups excluding carboxylic acids is 1. The summed E-state index contributed by atoms with van der Waals surface area (Å²) in [5.74, 6) is -1.11. The van der Waals surface area contributed by atoms with Gasteiger partial charge in [-0.15, -0.1) is 11.8 Å². The summed E-state index contributed by atoms with van der Waals surface area (Å²) in [6.45, 7) is 0. The standard InChI is InChI=1S/C7H7NO2S/c9-7(10)5-11-6-3-1-2-4-8-6/h1-4H,5H2,(H,9,10)/p-1. The van der Waals surface area contributed by atoms with Crippen molar-refractivity contribution < 1.29 is 9.90 Å². The molecule has 11 heavy (non-hydrogen) atoms. The van der Waals surface area contributed by atoms with Gasteiger partial charge in [0.25, 0.3) is 0 Å². The van der Waals surface area contributed by atoms with Crippen molar-refractivity contribution in [1.29, 1.82) is 0 Å². The average Bonchev–Trinajstić information content (AvgIpc) is 2.03. The average molecular weight is 168 g/mol. The van der Waals surface area contributed by atoms with E-state index in [9.17, 15) is 9.90 Å². The van der Waals surface area contributed by atoms with Crippen LogP contribution in [0.15, 0.2) is 29.4 Å². The molecular formula is C7H6NO2S-. The first kappa shape index (κ1) is 8.07. The van der Waals surface area contributed by atoms with Gasteiger partial charge in [-0.1, -0.05) is 6.07 Å². The predicted molar refractivity (Wildman–Crippen MR) is 40.0 cm³/mol. The van der Waals surface area contributed by atoms with Crippen LogP contribution in [-0.4, -0.2) is 16.7 Å². The zero-order valence-electron chi connectivity index (χ0n) is 5.69. The minimum Gasteiger partial charge on any atom is -0.549 e. The molecule has 0 bridgehead atoms. The zero-order chi connectivity index (χ0) is 8.10. The van der Waals surface area contributed by atoms with E-state index in [4.69, 9.17) is 0 Å². The van der Waals surface area contributed by atoms with Gasteiger partial charge in [-0.3, -0.25) is 0 Å². The molecule has 0 unspecified atom stereocenters. The Morgan fingerprint density at radius 2 is 2.45 bits per heavy atom. The van der Waals surface area contributed by atoms with Crippen molar-refractivity contribution in [2.24, 2.45) is 0 Å². The molecule has 0 aromatic carbocycles. The Balaban J connectivity index is 2.45. The van der Waals surface area contributed by atoms with Gasteiger partial charge in [0.2, 0.25) is 0 Å². The van der Waals surface area contributed by atoms with Gasteiger partial charge in [0.15, 0.2) is 0 Å². The van der Waals surface area contributed by atoms with Gasteiger partial charge in [0.1, 0.15) is 0 Å². The summed E-state index contributed by atoms with van der Waals surface area (Å²) in [5, 5.41) is 10.7. The molecule has 0 fully saturated rings. The second-order valence-electron chi connectivity index (χ2n) is 1.83. The molecular weight excluding hydrogens is 162 g/mol. The van der Waals surface area contributed by atoms with Gasteiger partial charge in [0, 0.05) is 11.9 Å². The summed E-state index contributed by atoms with van der Waals surface area (Å²) in [5.41, 5.74) is 0. The van der Waals surface area contributed by atoms with Crippen molar-refractivity contribution in [3.8, 4) is 0 Å². The van der Waals surface area contributed by atoms with Crippen LogP contribution in [0.25, 0.3) is 0 Å². The minimum absolute atomic E-state index is 0.0446. The third kappa shape index (κ3) is 3.04. The number of aromatic nitrogens is 1. The summed E-state index contributed by atoms with van der Waals surface area (Å²) in [6.07, 6.45) is 1.62. The highest BCUT2D eigenvalue weighted by Crippen LogP contribution is 2.12. The largest absolute Gasteiger partial charge is 0.549 e. The lowest BCUT2D eigenvalue weighted by Crippen LogP contribution is -2.24. The van der Waals surface area contributed by atoms with Crippen LogP contribution in [0.1, 0.15) is 0 Å². The van der Waals surface area contributed by atoms with E-state index in [1.165, 1.54) is 0 Å². The maximum atomic E-state index is 10.0. The highest BCUT2D eigenvalue weighted by Gasteiger charge is 1.92. The van der Waals surface area contributed by atoms with E-state index in [0.717, 1.165) is 11.8 Å². The monoisotopic (exact) mass is 168 g/mol. The molecule has 1 rings (SSSR count). The molecule has 1 aromatic heterocycles. The number of rotatable bonds is 3. The molecule has 1 aromatic rings. The van der Waals surface area contributed by atoms with E-state index < -0.39 is 5.97 Å². The van der Waals surface area contributed by atoms with Crippen LogP contribution in [0.5, 0.6) is 0 Å². The molecule has 0 spiro atoms. The van der Waals surface area contributed by atoms with Gasteiger partial charge in [-0.2, -0.15) is 0 Å². The first-order valence-corrected chi connectivity index (χ1v) is 4.01. The first-order chi connectivity index (χ1) is 5.29. The molecule has 0 N–H and O–H groups in total. The predicted octanol–water partition coefficient (Wildman–Crippen LogP) is -0.0764. The van der Waals surface area contributed by atoms with Gasteiger partial charge >= 0.3 is 0 Å². The third-order valence-corrected chi connectivity index (χ3v) is 1.89. The van der Waals surface area contributed by atoms with E-state index in [-0.39, 0.29) is 5.75 Å².